The number of carboxylic acid groups (broad SMARTS) is 1. The fourth-order valence-corrected chi connectivity index (χ4v) is 2.15. The molecule has 2 heterocycles. The molecule has 1 unspecified atom stereocenters. The lowest BCUT2D eigenvalue weighted by atomic mass is 10.1. The van der Waals surface area contributed by atoms with Crippen molar-refractivity contribution < 1.29 is 14.7 Å². The summed E-state index contributed by atoms with van der Waals surface area (Å²) in [5.41, 5.74) is 6.01. The highest BCUT2D eigenvalue weighted by Crippen LogP contribution is 2.25. The summed E-state index contributed by atoms with van der Waals surface area (Å²) in [6, 6.07) is 3.53. The van der Waals surface area contributed by atoms with Gasteiger partial charge in [0.1, 0.15) is 5.82 Å². The van der Waals surface area contributed by atoms with Crippen LogP contribution in [0.25, 0.3) is 6.08 Å². The Morgan fingerprint density at radius 1 is 1.53 bits per heavy atom. The SMILES string of the molecule is NC(=O)C1CCN(c2ncccc2/C=C/C(=O)O)C1. The number of nitrogens with zero attached hydrogens (tertiary/aromatic N) is 2. The highest BCUT2D eigenvalue weighted by atomic mass is 16.4. The van der Waals surface area contributed by atoms with Crippen molar-refractivity contribution in [3.05, 3.63) is 30.0 Å². The van der Waals surface area contributed by atoms with Crippen molar-refractivity contribution in [3.63, 3.8) is 0 Å². The maximum absolute atomic E-state index is 11.2. The van der Waals surface area contributed by atoms with Crippen LogP contribution < -0.4 is 10.6 Å². The molecule has 1 fully saturated rings. The van der Waals surface area contributed by atoms with Crippen LogP contribution >= 0.6 is 0 Å². The monoisotopic (exact) mass is 261 g/mol. The van der Waals surface area contributed by atoms with E-state index >= 15 is 0 Å². The van der Waals surface area contributed by atoms with Crippen LogP contribution in [0.1, 0.15) is 12.0 Å². The van der Waals surface area contributed by atoms with Gasteiger partial charge in [0, 0.05) is 30.9 Å². The number of carbonyl (C=O) groups excluding carboxylic acids is 1. The lowest BCUT2D eigenvalue weighted by molar-refractivity contribution is -0.131. The third-order valence-corrected chi connectivity index (χ3v) is 3.11. The zero-order valence-electron chi connectivity index (χ0n) is 10.3. The Labute approximate surface area is 110 Å². The summed E-state index contributed by atoms with van der Waals surface area (Å²) in [5, 5.41) is 8.66. The van der Waals surface area contributed by atoms with Crippen LogP contribution in [0.4, 0.5) is 5.82 Å². The Hall–Kier alpha value is -2.37. The van der Waals surface area contributed by atoms with Gasteiger partial charge in [0.05, 0.1) is 5.92 Å². The summed E-state index contributed by atoms with van der Waals surface area (Å²) < 4.78 is 0. The first-order valence-corrected chi connectivity index (χ1v) is 5.98. The number of hydrogen-bond acceptors (Lipinski definition) is 4. The van der Waals surface area contributed by atoms with Crippen LogP contribution in [-0.2, 0) is 9.59 Å². The number of aliphatic carboxylic acids is 1. The van der Waals surface area contributed by atoms with Crippen molar-refractivity contribution in [2.45, 2.75) is 6.42 Å². The van der Waals surface area contributed by atoms with E-state index in [1.807, 2.05) is 4.90 Å². The summed E-state index contributed by atoms with van der Waals surface area (Å²) >= 11 is 0. The predicted octanol–water partition coefficient (Wildman–Crippen LogP) is 0.491. The molecule has 1 saturated heterocycles. The van der Waals surface area contributed by atoms with E-state index in [0.717, 1.165) is 11.6 Å². The van der Waals surface area contributed by atoms with E-state index in [1.165, 1.54) is 6.08 Å². The number of hydrogen-bond donors (Lipinski definition) is 2. The second-order valence-corrected chi connectivity index (χ2v) is 4.42. The van der Waals surface area contributed by atoms with E-state index in [2.05, 4.69) is 4.98 Å². The standard InChI is InChI=1S/C13H15N3O3/c14-12(19)10-5-7-16(8-10)13-9(2-1-6-15-13)3-4-11(17)18/h1-4,6,10H,5,7-8H2,(H2,14,19)(H,17,18)/b4-3+. The first-order chi connectivity index (χ1) is 9.08. The molecule has 100 valence electrons. The molecule has 2 rings (SSSR count). The van der Waals surface area contributed by atoms with E-state index in [0.29, 0.717) is 25.3 Å². The first kappa shape index (κ1) is 13.1. The lowest BCUT2D eigenvalue weighted by Crippen LogP contribution is -2.28. The Balaban J connectivity index is 2.21. The Kier molecular flexibility index (Phi) is 3.79. The highest BCUT2D eigenvalue weighted by molar-refractivity contribution is 5.86. The molecule has 0 radical (unpaired) electrons. The van der Waals surface area contributed by atoms with E-state index < -0.39 is 5.97 Å². The number of anilines is 1. The zero-order chi connectivity index (χ0) is 13.8. The summed E-state index contributed by atoms with van der Waals surface area (Å²) in [7, 11) is 0. The number of amides is 1. The van der Waals surface area contributed by atoms with E-state index in [4.69, 9.17) is 10.8 Å². The summed E-state index contributed by atoms with van der Waals surface area (Å²) in [6.45, 7) is 1.22. The molecule has 1 aliphatic rings. The molecule has 1 amide bonds. The van der Waals surface area contributed by atoms with Crippen molar-refractivity contribution >= 4 is 23.8 Å². The van der Waals surface area contributed by atoms with Crippen LogP contribution in [0.3, 0.4) is 0 Å². The zero-order valence-corrected chi connectivity index (χ0v) is 10.3. The van der Waals surface area contributed by atoms with Gasteiger partial charge in [-0.1, -0.05) is 0 Å². The molecule has 1 aliphatic heterocycles. The van der Waals surface area contributed by atoms with Gasteiger partial charge < -0.3 is 15.7 Å². The molecule has 6 heteroatoms. The van der Waals surface area contributed by atoms with Gasteiger partial charge in [0.25, 0.3) is 0 Å². The molecule has 0 spiro atoms. The second-order valence-electron chi connectivity index (χ2n) is 4.42. The van der Waals surface area contributed by atoms with Gasteiger partial charge >= 0.3 is 5.97 Å². The third kappa shape index (κ3) is 3.09. The fourth-order valence-electron chi connectivity index (χ4n) is 2.15. The summed E-state index contributed by atoms with van der Waals surface area (Å²) in [6.07, 6.45) is 4.92. The van der Waals surface area contributed by atoms with Gasteiger partial charge in [-0.3, -0.25) is 4.79 Å². The van der Waals surface area contributed by atoms with E-state index in [-0.39, 0.29) is 11.8 Å². The van der Waals surface area contributed by atoms with Crippen LogP contribution in [0.5, 0.6) is 0 Å². The number of nitrogens with two attached hydrogens (primary N) is 1. The molecule has 1 aromatic heterocycles. The number of primary amides is 1. The highest BCUT2D eigenvalue weighted by Gasteiger charge is 2.28. The number of pyridine rings is 1. The smallest absolute Gasteiger partial charge is 0.328 e. The normalized spacial score (nSPS) is 18.9. The molecular weight excluding hydrogens is 246 g/mol. The molecule has 6 nitrogen and oxygen atoms in total. The van der Waals surface area contributed by atoms with Gasteiger partial charge in [-0.15, -0.1) is 0 Å². The van der Waals surface area contributed by atoms with Crippen molar-refractivity contribution in [2.24, 2.45) is 11.7 Å². The maximum atomic E-state index is 11.2. The van der Waals surface area contributed by atoms with Gasteiger partial charge in [-0.25, -0.2) is 9.78 Å². The maximum Gasteiger partial charge on any atom is 0.328 e. The number of carbonyl (C=O) groups is 2. The van der Waals surface area contributed by atoms with Crippen molar-refractivity contribution in [1.29, 1.82) is 0 Å². The van der Waals surface area contributed by atoms with Crippen LogP contribution in [0, 0.1) is 5.92 Å². The molecular formula is C13H15N3O3. The van der Waals surface area contributed by atoms with E-state index in [9.17, 15) is 9.59 Å². The van der Waals surface area contributed by atoms with Gasteiger partial charge in [-0.05, 0) is 24.6 Å². The minimum atomic E-state index is -1.01. The molecule has 0 aromatic carbocycles. The van der Waals surface area contributed by atoms with Crippen molar-refractivity contribution in [1.82, 2.24) is 4.98 Å². The Bertz CT molecular complexity index is 528. The van der Waals surface area contributed by atoms with Crippen molar-refractivity contribution in [2.75, 3.05) is 18.0 Å². The molecule has 0 saturated carbocycles. The topological polar surface area (TPSA) is 96.5 Å². The quantitative estimate of drug-likeness (QED) is 0.769. The second kappa shape index (κ2) is 5.51. The lowest BCUT2D eigenvalue weighted by Gasteiger charge is -2.18. The largest absolute Gasteiger partial charge is 0.478 e. The number of carboxylic acids is 1. The molecule has 1 aromatic rings. The number of aromatic nitrogens is 1. The molecule has 0 aliphatic carbocycles. The molecule has 1 atom stereocenters. The van der Waals surface area contributed by atoms with Gasteiger partial charge in [-0.2, -0.15) is 0 Å². The van der Waals surface area contributed by atoms with E-state index in [1.54, 1.807) is 18.3 Å². The first-order valence-electron chi connectivity index (χ1n) is 5.98. The third-order valence-electron chi connectivity index (χ3n) is 3.11. The average molecular weight is 261 g/mol. The average Bonchev–Trinajstić information content (AvgIpc) is 2.86. The fraction of sp³-hybridized carbons (Fsp3) is 0.308. The van der Waals surface area contributed by atoms with Gasteiger partial charge in [0.2, 0.25) is 5.91 Å². The summed E-state index contributed by atoms with van der Waals surface area (Å²) in [5.74, 6) is -0.797. The minimum Gasteiger partial charge on any atom is -0.478 e. The number of rotatable bonds is 4. The minimum absolute atomic E-state index is 0.168. The van der Waals surface area contributed by atoms with Crippen LogP contribution in [-0.4, -0.2) is 35.1 Å². The Morgan fingerprint density at radius 3 is 2.95 bits per heavy atom. The predicted molar refractivity (Wildman–Crippen MR) is 70.4 cm³/mol. The van der Waals surface area contributed by atoms with Crippen LogP contribution in [0.15, 0.2) is 24.4 Å². The molecule has 0 bridgehead atoms. The molecule has 19 heavy (non-hydrogen) atoms. The Morgan fingerprint density at radius 2 is 2.32 bits per heavy atom. The summed E-state index contributed by atoms with van der Waals surface area (Å²) in [4.78, 5) is 27.9. The van der Waals surface area contributed by atoms with Gasteiger partial charge in [0.15, 0.2) is 0 Å². The van der Waals surface area contributed by atoms with Crippen molar-refractivity contribution in [3.8, 4) is 0 Å². The molecule has 3 N–H and O–H groups in total. The van der Waals surface area contributed by atoms with Crippen LogP contribution in [0.2, 0.25) is 0 Å².